The smallest absolute Gasteiger partial charge is 0.269 e. The zero-order chi connectivity index (χ0) is 16.4. The molecule has 24 heavy (non-hydrogen) atoms. The van der Waals surface area contributed by atoms with E-state index in [0.717, 1.165) is 11.1 Å². The molecule has 4 rings (SSSR count). The van der Waals surface area contributed by atoms with E-state index in [1.165, 1.54) is 0 Å². The number of fused-ring (bicyclic) bond motifs is 1. The van der Waals surface area contributed by atoms with Crippen molar-refractivity contribution >= 4 is 11.6 Å². The second-order valence-electron chi connectivity index (χ2n) is 5.42. The molecule has 6 heteroatoms. The Hall–Kier alpha value is -3.28. The van der Waals surface area contributed by atoms with Gasteiger partial charge in [0.25, 0.3) is 5.91 Å². The molecule has 120 valence electrons. The predicted octanol–water partition coefficient (Wildman–Crippen LogP) is 2.86. The van der Waals surface area contributed by atoms with Gasteiger partial charge in [-0.1, -0.05) is 24.3 Å². The monoisotopic (exact) mass is 321 g/mol. The number of aromatic amines is 1. The molecule has 3 aromatic rings. The zero-order valence-electron chi connectivity index (χ0n) is 12.7. The van der Waals surface area contributed by atoms with E-state index in [2.05, 4.69) is 15.5 Å². The number of carbonyl (C=O) groups excluding carboxylic acids is 1. The number of nitrogens with zero attached hydrogens (tertiary/aromatic N) is 1. The van der Waals surface area contributed by atoms with Crippen molar-refractivity contribution in [2.75, 3.05) is 11.9 Å². The molecule has 1 aromatic heterocycles. The number of anilines is 1. The number of hydrogen-bond donors (Lipinski definition) is 2. The Morgan fingerprint density at radius 1 is 1.08 bits per heavy atom. The zero-order valence-corrected chi connectivity index (χ0v) is 12.7. The molecular weight excluding hydrogens is 306 g/mol. The normalized spacial score (nSPS) is 15.8. The lowest BCUT2D eigenvalue weighted by Gasteiger charge is -2.25. The molecule has 1 amide bonds. The Balaban J connectivity index is 1.43. The molecule has 2 aromatic carbocycles. The van der Waals surface area contributed by atoms with Gasteiger partial charge in [-0.05, 0) is 29.8 Å². The van der Waals surface area contributed by atoms with Crippen LogP contribution in [0.2, 0.25) is 0 Å². The fourth-order valence-electron chi connectivity index (χ4n) is 2.53. The number of nitrogens with one attached hydrogen (secondary N) is 2. The lowest BCUT2D eigenvalue weighted by Crippen LogP contribution is -2.40. The highest BCUT2D eigenvalue weighted by molar-refractivity contribution is 5.95. The van der Waals surface area contributed by atoms with Gasteiger partial charge in [0.1, 0.15) is 6.61 Å². The van der Waals surface area contributed by atoms with Gasteiger partial charge in [-0.15, -0.1) is 0 Å². The number of H-pyrrole nitrogens is 1. The molecule has 0 spiro atoms. The third kappa shape index (κ3) is 2.81. The van der Waals surface area contributed by atoms with Crippen LogP contribution in [0.4, 0.5) is 5.69 Å². The van der Waals surface area contributed by atoms with Gasteiger partial charge in [-0.2, -0.15) is 5.10 Å². The van der Waals surface area contributed by atoms with Gasteiger partial charge in [0.2, 0.25) is 6.10 Å². The molecule has 0 aliphatic carbocycles. The van der Waals surface area contributed by atoms with E-state index in [4.69, 9.17) is 9.47 Å². The van der Waals surface area contributed by atoms with Crippen LogP contribution in [0.15, 0.2) is 60.9 Å². The van der Waals surface area contributed by atoms with Crippen LogP contribution in [0, 0.1) is 0 Å². The van der Waals surface area contributed by atoms with Crippen LogP contribution in [-0.4, -0.2) is 28.8 Å². The highest BCUT2D eigenvalue weighted by atomic mass is 16.6. The minimum absolute atomic E-state index is 0.190. The fourth-order valence-corrected chi connectivity index (χ4v) is 2.53. The van der Waals surface area contributed by atoms with Gasteiger partial charge in [-0.3, -0.25) is 9.89 Å². The number of rotatable bonds is 3. The Morgan fingerprint density at radius 2 is 1.88 bits per heavy atom. The van der Waals surface area contributed by atoms with E-state index < -0.39 is 6.10 Å². The number of para-hydroxylation sites is 2. The number of amides is 1. The van der Waals surface area contributed by atoms with E-state index in [-0.39, 0.29) is 12.5 Å². The van der Waals surface area contributed by atoms with Crippen LogP contribution in [0.25, 0.3) is 11.1 Å². The molecule has 1 aliphatic rings. The largest absolute Gasteiger partial charge is 0.485 e. The molecule has 6 nitrogen and oxygen atoms in total. The van der Waals surface area contributed by atoms with Crippen molar-refractivity contribution in [3.63, 3.8) is 0 Å². The van der Waals surface area contributed by atoms with Gasteiger partial charge in [-0.25, -0.2) is 0 Å². The van der Waals surface area contributed by atoms with Crippen LogP contribution >= 0.6 is 0 Å². The molecule has 2 N–H and O–H groups in total. The minimum Gasteiger partial charge on any atom is -0.485 e. The summed E-state index contributed by atoms with van der Waals surface area (Å²) in [4.78, 5) is 12.4. The van der Waals surface area contributed by atoms with E-state index in [1.807, 2.05) is 48.7 Å². The summed E-state index contributed by atoms with van der Waals surface area (Å²) in [5.41, 5.74) is 2.72. The van der Waals surface area contributed by atoms with Crippen LogP contribution < -0.4 is 14.8 Å². The topological polar surface area (TPSA) is 76.2 Å². The van der Waals surface area contributed by atoms with Crippen molar-refractivity contribution in [1.29, 1.82) is 0 Å². The summed E-state index contributed by atoms with van der Waals surface area (Å²) in [7, 11) is 0. The first-order valence-corrected chi connectivity index (χ1v) is 7.58. The van der Waals surface area contributed by atoms with E-state index >= 15 is 0 Å². The molecule has 0 radical (unpaired) electrons. The molecule has 1 atom stereocenters. The number of benzene rings is 2. The van der Waals surface area contributed by atoms with Crippen molar-refractivity contribution in [2.24, 2.45) is 0 Å². The van der Waals surface area contributed by atoms with Crippen LogP contribution in [0.5, 0.6) is 11.5 Å². The maximum Gasteiger partial charge on any atom is 0.269 e. The molecule has 0 saturated carbocycles. The Morgan fingerprint density at radius 3 is 2.62 bits per heavy atom. The first-order chi connectivity index (χ1) is 11.8. The first-order valence-electron chi connectivity index (χ1n) is 7.58. The maximum atomic E-state index is 12.4. The minimum atomic E-state index is -0.673. The fraction of sp³-hybridized carbons (Fsp3) is 0.111. The quantitative estimate of drug-likeness (QED) is 0.778. The second kappa shape index (κ2) is 6.08. The summed E-state index contributed by atoms with van der Waals surface area (Å²) in [6.07, 6.45) is 2.89. The molecule has 1 aliphatic heterocycles. The van der Waals surface area contributed by atoms with Crippen LogP contribution in [-0.2, 0) is 4.79 Å². The number of hydrogen-bond acceptors (Lipinski definition) is 4. The summed E-state index contributed by atoms with van der Waals surface area (Å²) in [6.45, 7) is 0.190. The number of carbonyl (C=O) groups is 1. The Bertz CT molecular complexity index is 844. The lowest BCUT2D eigenvalue weighted by molar-refractivity contribution is -0.125. The predicted molar refractivity (Wildman–Crippen MR) is 89.0 cm³/mol. The van der Waals surface area contributed by atoms with Gasteiger partial charge < -0.3 is 14.8 Å². The maximum absolute atomic E-state index is 12.4. The molecule has 0 saturated heterocycles. The highest BCUT2D eigenvalue weighted by Gasteiger charge is 2.27. The van der Waals surface area contributed by atoms with Gasteiger partial charge >= 0.3 is 0 Å². The molecule has 0 unspecified atom stereocenters. The third-order valence-electron chi connectivity index (χ3n) is 3.79. The lowest BCUT2D eigenvalue weighted by atomic mass is 10.1. The van der Waals surface area contributed by atoms with Crippen molar-refractivity contribution in [3.8, 4) is 22.6 Å². The molecule has 0 bridgehead atoms. The summed E-state index contributed by atoms with van der Waals surface area (Å²) in [6, 6.07) is 14.9. The van der Waals surface area contributed by atoms with Gasteiger partial charge in [0.15, 0.2) is 11.5 Å². The van der Waals surface area contributed by atoms with Crippen LogP contribution in [0.1, 0.15) is 0 Å². The van der Waals surface area contributed by atoms with Crippen LogP contribution in [0.3, 0.4) is 0 Å². The standard InChI is InChI=1S/C18H15N3O3/c22-18(17-11-23-15-3-1-2-4-16(15)24-17)21-14-7-5-12(6-8-14)13-9-19-20-10-13/h1-10,17H,11H2,(H,19,20)(H,21,22)/t17-/m0/s1. The average Bonchev–Trinajstić information content (AvgIpc) is 3.16. The Labute approximate surface area is 138 Å². The Kier molecular flexibility index (Phi) is 3.63. The SMILES string of the molecule is O=C(Nc1ccc(-c2cn[nH]c2)cc1)[C@@H]1COc2ccccc2O1. The van der Waals surface area contributed by atoms with Gasteiger partial charge in [0.05, 0.1) is 6.20 Å². The van der Waals surface area contributed by atoms with E-state index in [9.17, 15) is 4.79 Å². The summed E-state index contributed by atoms with van der Waals surface area (Å²) in [5.74, 6) is 1.01. The molecule has 2 heterocycles. The third-order valence-corrected chi connectivity index (χ3v) is 3.79. The van der Waals surface area contributed by atoms with Crippen molar-refractivity contribution in [1.82, 2.24) is 10.2 Å². The molecule has 0 fully saturated rings. The van der Waals surface area contributed by atoms with E-state index in [0.29, 0.717) is 17.2 Å². The summed E-state index contributed by atoms with van der Waals surface area (Å²) in [5, 5.41) is 9.55. The average molecular weight is 321 g/mol. The molecular formula is C18H15N3O3. The number of aromatic nitrogens is 2. The first kappa shape index (κ1) is 14.3. The summed E-state index contributed by atoms with van der Waals surface area (Å²) >= 11 is 0. The van der Waals surface area contributed by atoms with Gasteiger partial charge in [0, 0.05) is 17.4 Å². The van der Waals surface area contributed by atoms with Crippen molar-refractivity contribution < 1.29 is 14.3 Å². The van der Waals surface area contributed by atoms with Crippen molar-refractivity contribution in [2.45, 2.75) is 6.10 Å². The van der Waals surface area contributed by atoms with Crippen molar-refractivity contribution in [3.05, 3.63) is 60.9 Å². The highest BCUT2D eigenvalue weighted by Crippen LogP contribution is 2.31. The number of ether oxygens (including phenoxy) is 2. The summed E-state index contributed by atoms with van der Waals surface area (Å²) < 4.78 is 11.3. The second-order valence-corrected chi connectivity index (χ2v) is 5.42. The van der Waals surface area contributed by atoms with E-state index in [1.54, 1.807) is 12.3 Å².